The zero-order valence-corrected chi connectivity index (χ0v) is 38.8. The normalized spacial score (nSPS) is 11.6. The van der Waals surface area contributed by atoms with E-state index in [-0.39, 0.29) is 49.4 Å². The largest absolute Gasteiger partial charge is 1.00 e. The fourth-order valence-corrected chi connectivity index (χ4v) is 6.00. The van der Waals surface area contributed by atoms with Crippen LogP contribution in [0.5, 0.6) is 5.75 Å². The maximum Gasteiger partial charge on any atom is 1.00 e. The van der Waals surface area contributed by atoms with E-state index < -0.39 is 10.4 Å². The molecule has 0 amide bonds. The molecule has 0 heterocycles. The van der Waals surface area contributed by atoms with Crippen molar-refractivity contribution in [2.75, 3.05) is 119 Å². The molecular formula is C42H77NaO13S. The number of hydrogen-bond donors (Lipinski definition) is 0. The molecule has 0 atom stereocenters. The molecule has 0 aliphatic heterocycles. The first-order valence-electron chi connectivity index (χ1n) is 21.4. The SMILES string of the molecule is CCCCCCCCCc1ccc(OCCOCCOCCOCCOCCOCCOCCOCCOCCOS(=O)(=O)[O-])c(CCCCCCCCC)c1.[Na+]. The molecule has 0 aliphatic carbocycles. The van der Waals surface area contributed by atoms with E-state index >= 15 is 0 Å². The average Bonchev–Trinajstić information content (AvgIpc) is 3.18. The van der Waals surface area contributed by atoms with Crippen molar-refractivity contribution in [3.63, 3.8) is 0 Å². The Bertz CT molecular complexity index is 1080. The second kappa shape index (κ2) is 43.7. The smallest absolute Gasteiger partial charge is 0.726 e. The van der Waals surface area contributed by atoms with E-state index in [4.69, 9.17) is 42.6 Å². The van der Waals surface area contributed by atoms with Crippen molar-refractivity contribution >= 4 is 10.4 Å². The van der Waals surface area contributed by atoms with Gasteiger partial charge in [0.1, 0.15) is 12.4 Å². The van der Waals surface area contributed by atoms with Crippen molar-refractivity contribution in [3.05, 3.63) is 29.3 Å². The van der Waals surface area contributed by atoms with E-state index in [1.807, 2.05) is 0 Å². The summed E-state index contributed by atoms with van der Waals surface area (Å²) in [6.07, 6.45) is 20.8. The molecule has 1 aromatic carbocycles. The summed E-state index contributed by atoms with van der Waals surface area (Å²) in [5.74, 6) is 1.01. The number of hydrogen-bond acceptors (Lipinski definition) is 13. The van der Waals surface area contributed by atoms with Crippen molar-refractivity contribution in [3.8, 4) is 5.75 Å². The zero-order chi connectivity index (χ0) is 40.5. The molecular weight excluding hydrogens is 768 g/mol. The molecule has 0 aliphatic rings. The number of benzene rings is 1. The standard InChI is InChI=1S/C42H78O13S.Na/c1-3-5-7-9-11-13-15-17-40-19-20-42(41(39-40)18-16-14-12-10-8-6-4-2)54-37-35-52-33-31-50-29-27-48-25-23-46-21-22-47-24-26-49-28-30-51-32-34-53-36-38-55-56(43,44)45;/h19-20,39H,3-18,21-38H2,1-2H3,(H,43,44,45);/q;+1/p-1. The van der Waals surface area contributed by atoms with E-state index in [0.717, 1.165) is 18.6 Å². The number of rotatable bonds is 45. The summed E-state index contributed by atoms with van der Waals surface area (Å²) in [7, 11) is -4.68. The molecule has 15 heteroatoms. The third kappa shape index (κ3) is 40.7. The van der Waals surface area contributed by atoms with Gasteiger partial charge in [-0.25, -0.2) is 8.42 Å². The van der Waals surface area contributed by atoms with E-state index in [1.165, 1.54) is 101 Å². The second-order valence-corrected chi connectivity index (χ2v) is 14.7. The van der Waals surface area contributed by atoms with Gasteiger partial charge in [0, 0.05) is 0 Å². The van der Waals surface area contributed by atoms with Crippen LogP contribution in [-0.2, 0) is 65.3 Å². The summed E-state index contributed by atoms with van der Waals surface area (Å²) in [6, 6.07) is 6.82. The van der Waals surface area contributed by atoms with Gasteiger partial charge in [-0.15, -0.1) is 0 Å². The van der Waals surface area contributed by atoms with Crippen LogP contribution in [-0.4, -0.2) is 132 Å². The first kappa shape index (κ1) is 56.6. The summed E-state index contributed by atoms with van der Waals surface area (Å²) in [6.45, 7) is 11.5. The van der Waals surface area contributed by atoms with Crippen LogP contribution in [0, 0.1) is 0 Å². The van der Waals surface area contributed by atoms with Gasteiger partial charge in [0.2, 0.25) is 10.4 Å². The van der Waals surface area contributed by atoms with Crippen molar-refractivity contribution in [2.45, 2.75) is 117 Å². The van der Waals surface area contributed by atoms with Crippen LogP contribution in [0.15, 0.2) is 18.2 Å². The van der Waals surface area contributed by atoms with Crippen LogP contribution >= 0.6 is 0 Å². The van der Waals surface area contributed by atoms with Crippen molar-refractivity contribution in [2.24, 2.45) is 0 Å². The van der Waals surface area contributed by atoms with Crippen molar-refractivity contribution in [1.29, 1.82) is 0 Å². The Morgan fingerprint density at radius 1 is 0.439 bits per heavy atom. The quantitative estimate of drug-likeness (QED) is 0.0399. The van der Waals surface area contributed by atoms with Crippen molar-refractivity contribution < 1.29 is 89.3 Å². The Kier molecular flexibility index (Phi) is 43.3. The van der Waals surface area contributed by atoms with Crippen molar-refractivity contribution in [1.82, 2.24) is 0 Å². The molecule has 1 aromatic rings. The molecule has 57 heavy (non-hydrogen) atoms. The Labute approximate surface area is 368 Å². The van der Waals surface area contributed by atoms with Gasteiger partial charge in [0.05, 0.1) is 112 Å². The molecule has 0 unspecified atom stereocenters. The van der Waals surface area contributed by atoms with E-state index in [0.29, 0.717) is 99.1 Å². The Morgan fingerprint density at radius 3 is 1.16 bits per heavy atom. The summed E-state index contributed by atoms with van der Waals surface area (Å²) >= 11 is 0. The predicted molar refractivity (Wildman–Crippen MR) is 218 cm³/mol. The third-order valence-electron chi connectivity index (χ3n) is 8.79. The first-order chi connectivity index (χ1) is 27.5. The average molecular weight is 845 g/mol. The van der Waals surface area contributed by atoms with Crippen LogP contribution in [0.1, 0.15) is 115 Å². The van der Waals surface area contributed by atoms with Gasteiger partial charge >= 0.3 is 29.6 Å². The molecule has 1 rings (SSSR count). The van der Waals surface area contributed by atoms with Gasteiger partial charge < -0.3 is 47.2 Å². The summed E-state index contributed by atoms with van der Waals surface area (Å²) in [4.78, 5) is 0. The molecule has 13 nitrogen and oxygen atoms in total. The van der Waals surface area contributed by atoms with E-state index in [9.17, 15) is 13.0 Å². The molecule has 0 fully saturated rings. The molecule has 0 bridgehead atoms. The molecule has 330 valence electrons. The molecule has 0 N–H and O–H groups in total. The molecule has 0 aromatic heterocycles. The summed E-state index contributed by atoms with van der Waals surface area (Å²) < 4.78 is 84.7. The van der Waals surface area contributed by atoms with Gasteiger partial charge in [-0.2, -0.15) is 0 Å². The van der Waals surface area contributed by atoms with Crippen LogP contribution in [0.3, 0.4) is 0 Å². The van der Waals surface area contributed by atoms with Crippen LogP contribution in [0.4, 0.5) is 0 Å². The number of aryl methyl sites for hydroxylation is 2. The summed E-state index contributed by atoms with van der Waals surface area (Å²) in [5.41, 5.74) is 2.78. The Morgan fingerprint density at radius 2 is 0.772 bits per heavy atom. The van der Waals surface area contributed by atoms with Gasteiger partial charge in [-0.3, -0.25) is 4.18 Å². The fraction of sp³-hybridized carbons (Fsp3) is 0.857. The second-order valence-electron chi connectivity index (χ2n) is 13.7. The third-order valence-corrected chi connectivity index (χ3v) is 9.24. The van der Waals surface area contributed by atoms with Crippen LogP contribution in [0.2, 0.25) is 0 Å². The van der Waals surface area contributed by atoms with Crippen LogP contribution < -0.4 is 34.3 Å². The monoisotopic (exact) mass is 844 g/mol. The van der Waals surface area contributed by atoms with Crippen LogP contribution in [0.25, 0.3) is 0 Å². The minimum Gasteiger partial charge on any atom is -0.726 e. The Hall–Kier alpha value is -0.430. The Balaban J connectivity index is 0.0000314. The zero-order valence-electron chi connectivity index (χ0n) is 36.0. The van der Waals surface area contributed by atoms with E-state index in [2.05, 4.69) is 36.2 Å². The minimum atomic E-state index is -4.68. The van der Waals surface area contributed by atoms with Gasteiger partial charge in [-0.1, -0.05) is 103 Å². The molecule has 0 spiro atoms. The number of ether oxygens (including phenoxy) is 9. The van der Waals surface area contributed by atoms with E-state index in [1.54, 1.807) is 0 Å². The van der Waals surface area contributed by atoms with Gasteiger partial charge in [0.25, 0.3) is 0 Å². The molecule has 0 saturated carbocycles. The maximum absolute atomic E-state index is 10.3. The minimum absolute atomic E-state index is 0. The fourth-order valence-electron chi connectivity index (χ4n) is 5.73. The van der Waals surface area contributed by atoms with Gasteiger partial charge in [0.15, 0.2) is 0 Å². The number of unbranched alkanes of at least 4 members (excludes halogenated alkanes) is 12. The molecule has 0 radical (unpaired) electrons. The maximum atomic E-state index is 10.3. The van der Waals surface area contributed by atoms with Gasteiger partial charge in [-0.05, 0) is 42.9 Å². The summed E-state index contributed by atoms with van der Waals surface area (Å²) in [5, 5.41) is 0. The predicted octanol–water partition coefficient (Wildman–Crippen LogP) is 4.27. The molecule has 0 saturated heterocycles. The topological polar surface area (TPSA) is 150 Å². The first-order valence-corrected chi connectivity index (χ1v) is 22.8.